The molecule has 0 saturated heterocycles. The van der Waals surface area contributed by atoms with Gasteiger partial charge in [-0.2, -0.15) is 5.26 Å². The van der Waals surface area contributed by atoms with Crippen molar-refractivity contribution in [3.8, 4) is 28.5 Å². The van der Waals surface area contributed by atoms with Gasteiger partial charge in [-0.3, -0.25) is 10.3 Å². The summed E-state index contributed by atoms with van der Waals surface area (Å²) in [5, 5.41) is 12.1. The summed E-state index contributed by atoms with van der Waals surface area (Å²) >= 11 is 0. The summed E-state index contributed by atoms with van der Waals surface area (Å²) in [6.45, 7) is 7.28. The van der Waals surface area contributed by atoms with E-state index < -0.39 is 11.7 Å². The van der Waals surface area contributed by atoms with Crippen molar-refractivity contribution in [2.24, 2.45) is 0 Å². The molecule has 1 aromatic heterocycles. The van der Waals surface area contributed by atoms with Gasteiger partial charge < -0.3 is 4.74 Å². The molecule has 5 heteroatoms. The number of pyridine rings is 1. The molecule has 0 aliphatic heterocycles. The molecular formula is C24H23N3O2. The van der Waals surface area contributed by atoms with E-state index in [1.165, 1.54) is 0 Å². The zero-order valence-corrected chi connectivity index (χ0v) is 17.0. The van der Waals surface area contributed by atoms with E-state index >= 15 is 0 Å². The summed E-state index contributed by atoms with van der Waals surface area (Å²) in [5.74, 6) is 0. The fraction of sp³-hybridized carbons (Fsp3) is 0.208. The normalized spacial score (nSPS) is 10.9. The molecule has 1 N–H and O–H groups in total. The lowest BCUT2D eigenvalue weighted by atomic mass is 9.98. The zero-order chi connectivity index (χ0) is 21.0. The highest BCUT2D eigenvalue weighted by molar-refractivity contribution is 5.94. The van der Waals surface area contributed by atoms with Gasteiger partial charge in [-0.25, -0.2) is 4.79 Å². The molecule has 3 aromatic rings. The fourth-order valence-electron chi connectivity index (χ4n) is 2.98. The predicted molar refractivity (Wildman–Crippen MR) is 114 cm³/mol. The number of nitrogens with zero attached hydrogens (tertiary/aromatic N) is 2. The van der Waals surface area contributed by atoms with Gasteiger partial charge in [0.25, 0.3) is 0 Å². The van der Waals surface area contributed by atoms with Crippen LogP contribution in [0.15, 0.2) is 60.7 Å². The maximum Gasteiger partial charge on any atom is 0.412 e. The molecule has 5 nitrogen and oxygen atoms in total. The molecule has 3 rings (SSSR count). The van der Waals surface area contributed by atoms with Crippen LogP contribution in [0.25, 0.3) is 22.4 Å². The summed E-state index contributed by atoms with van der Waals surface area (Å²) in [4.78, 5) is 17.1. The Balaban J connectivity index is 2.13. The molecule has 0 unspecified atom stereocenters. The predicted octanol–water partition coefficient (Wildman–Crippen LogP) is 5.94. The van der Waals surface area contributed by atoms with Gasteiger partial charge in [-0.1, -0.05) is 42.5 Å². The Bertz CT molecular complexity index is 1080. The lowest BCUT2D eigenvalue weighted by Crippen LogP contribution is -2.27. The van der Waals surface area contributed by atoms with Crippen molar-refractivity contribution in [1.29, 1.82) is 5.26 Å². The van der Waals surface area contributed by atoms with Gasteiger partial charge in [0.05, 0.1) is 28.7 Å². The Labute approximate surface area is 171 Å². The molecule has 0 spiro atoms. The molecule has 0 saturated carbocycles. The van der Waals surface area contributed by atoms with Crippen molar-refractivity contribution >= 4 is 11.8 Å². The summed E-state index contributed by atoms with van der Waals surface area (Å²) in [6, 6.07) is 21.2. The van der Waals surface area contributed by atoms with E-state index in [0.29, 0.717) is 16.9 Å². The number of hydrogen-bond acceptors (Lipinski definition) is 4. The highest BCUT2D eigenvalue weighted by Crippen LogP contribution is 2.34. The van der Waals surface area contributed by atoms with Crippen molar-refractivity contribution in [1.82, 2.24) is 4.98 Å². The maximum absolute atomic E-state index is 12.4. The van der Waals surface area contributed by atoms with Crippen LogP contribution >= 0.6 is 0 Å². The third-order valence-electron chi connectivity index (χ3n) is 4.20. The number of ether oxygens (including phenoxy) is 1. The monoisotopic (exact) mass is 385 g/mol. The minimum atomic E-state index is -0.615. The number of nitriles is 1. The Morgan fingerprint density at radius 1 is 1.03 bits per heavy atom. The first-order valence-electron chi connectivity index (χ1n) is 9.34. The largest absolute Gasteiger partial charge is 0.444 e. The number of aryl methyl sites for hydroxylation is 1. The number of rotatable bonds is 3. The van der Waals surface area contributed by atoms with Crippen LogP contribution < -0.4 is 5.32 Å². The van der Waals surface area contributed by atoms with Crippen LogP contribution in [0.3, 0.4) is 0 Å². The van der Waals surface area contributed by atoms with Crippen molar-refractivity contribution in [3.63, 3.8) is 0 Å². The molecule has 1 heterocycles. The van der Waals surface area contributed by atoms with Crippen molar-refractivity contribution in [2.45, 2.75) is 33.3 Å². The average Bonchev–Trinajstić information content (AvgIpc) is 2.68. The molecule has 146 valence electrons. The van der Waals surface area contributed by atoms with Crippen LogP contribution in [0.2, 0.25) is 0 Å². The maximum atomic E-state index is 12.4. The van der Waals surface area contributed by atoms with Gasteiger partial charge >= 0.3 is 6.09 Å². The number of amides is 1. The molecule has 0 bridgehead atoms. The Morgan fingerprint density at radius 3 is 2.38 bits per heavy atom. The topological polar surface area (TPSA) is 75.0 Å². The molecule has 0 atom stereocenters. The first-order valence-corrected chi connectivity index (χ1v) is 9.34. The molecule has 0 fully saturated rings. The molecule has 2 aromatic carbocycles. The summed E-state index contributed by atoms with van der Waals surface area (Å²) < 4.78 is 5.42. The van der Waals surface area contributed by atoms with Crippen molar-refractivity contribution in [2.75, 3.05) is 5.32 Å². The number of hydrogen-bond donors (Lipinski definition) is 1. The third kappa shape index (κ3) is 4.99. The lowest BCUT2D eigenvalue weighted by molar-refractivity contribution is 0.0636. The number of benzene rings is 2. The quantitative estimate of drug-likeness (QED) is 0.605. The molecule has 0 aliphatic rings. The Morgan fingerprint density at radius 2 is 1.72 bits per heavy atom. The zero-order valence-electron chi connectivity index (χ0n) is 17.0. The Kier molecular flexibility index (Phi) is 5.65. The first-order chi connectivity index (χ1) is 13.8. The van der Waals surface area contributed by atoms with E-state index in [-0.39, 0.29) is 0 Å². The lowest BCUT2D eigenvalue weighted by Gasteiger charge is -2.21. The van der Waals surface area contributed by atoms with Gasteiger partial charge in [-0.15, -0.1) is 0 Å². The van der Waals surface area contributed by atoms with E-state index in [0.717, 1.165) is 22.4 Å². The number of carbonyl (C=O) groups is 1. The standard InChI is InChI=1S/C24H23N3O2/c1-16-22(27-23(28)29-24(2,3)4)20(19-12-8-9-17(13-19)15-25)14-21(26-16)18-10-6-5-7-11-18/h5-14H,1-4H3,(H,27,28). The summed E-state index contributed by atoms with van der Waals surface area (Å²) in [5.41, 5.74) is 4.51. The smallest absolute Gasteiger partial charge is 0.412 e. The number of aromatic nitrogens is 1. The van der Waals surface area contributed by atoms with Gasteiger partial charge in [0, 0.05) is 11.1 Å². The van der Waals surface area contributed by atoms with Crippen LogP contribution in [0.4, 0.5) is 10.5 Å². The second kappa shape index (κ2) is 8.15. The van der Waals surface area contributed by atoms with E-state index in [4.69, 9.17) is 4.74 Å². The second-order valence-electron chi connectivity index (χ2n) is 7.70. The highest BCUT2D eigenvalue weighted by atomic mass is 16.6. The van der Waals surface area contributed by atoms with Crippen LogP contribution in [0.5, 0.6) is 0 Å². The summed E-state index contributed by atoms with van der Waals surface area (Å²) in [7, 11) is 0. The fourth-order valence-corrected chi connectivity index (χ4v) is 2.98. The van der Waals surface area contributed by atoms with Crippen molar-refractivity contribution in [3.05, 3.63) is 71.9 Å². The van der Waals surface area contributed by atoms with E-state index in [9.17, 15) is 10.1 Å². The van der Waals surface area contributed by atoms with Gasteiger partial charge in [-0.05, 0) is 51.5 Å². The van der Waals surface area contributed by atoms with Gasteiger partial charge in [0.1, 0.15) is 5.60 Å². The minimum absolute atomic E-state index is 0.543. The van der Waals surface area contributed by atoms with Crippen LogP contribution in [0.1, 0.15) is 32.0 Å². The van der Waals surface area contributed by atoms with Gasteiger partial charge in [0.2, 0.25) is 0 Å². The average molecular weight is 385 g/mol. The van der Waals surface area contributed by atoms with E-state index in [1.807, 2.05) is 76.2 Å². The van der Waals surface area contributed by atoms with Crippen LogP contribution in [0, 0.1) is 18.3 Å². The molecule has 0 aliphatic carbocycles. The van der Waals surface area contributed by atoms with Crippen LogP contribution in [-0.2, 0) is 4.74 Å². The van der Waals surface area contributed by atoms with E-state index in [2.05, 4.69) is 16.4 Å². The number of carbonyl (C=O) groups excluding carboxylic acids is 1. The second-order valence-corrected chi connectivity index (χ2v) is 7.70. The number of anilines is 1. The minimum Gasteiger partial charge on any atom is -0.444 e. The molecule has 29 heavy (non-hydrogen) atoms. The number of nitrogens with one attached hydrogen (secondary N) is 1. The van der Waals surface area contributed by atoms with Crippen molar-refractivity contribution < 1.29 is 9.53 Å². The highest BCUT2D eigenvalue weighted by Gasteiger charge is 2.20. The Hall–Kier alpha value is -3.65. The molecular weight excluding hydrogens is 362 g/mol. The van der Waals surface area contributed by atoms with E-state index in [1.54, 1.807) is 12.1 Å². The molecule has 1 amide bonds. The summed E-state index contributed by atoms with van der Waals surface area (Å²) in [6.07, 6.45) is -0.549. The third-order valence-corrected chi connectivity index (χ3v) is 4.20. The SMILES string of the molecule is Cc1nc(-c2ccccc2)cc(-c2cccc(C#N)c2)c1NC(=O)OC(C)(C)C. The first kappa shape index (κ1) is 20.1. The van der Waals surface area contributed by atoms with Gasteiger partial charge in [0.15, 0.2) is 0 Å². The van der Waals surface area contributed by atoms with Crippen LogP contribution in [-0.4, -0.2) is 16.7 Å². The molecule has 0 radical (unpaired) electrons.